The van der Waals surface area contributed by atoms with Gasteiger partial charge in [0.05, 0.1) is 17.6 Å². The fourth-order valence-corrected chi connectivity index (χ4v) is 2.04. The van der Waals surface area contributed by atoms with E-state index in [1.807, 2.05) is 43.6 Å². The average Bonchev–Trinajstić information content (AvgIpc) is 3.01. The SMILES string of the molecule is Cn1cccc1C(=O)NCc1nc2ccccc2[nH]1. The van der Waals surface area contributed by atoms with Gasteiger partial charge in [-0.25, -0.2) is 4.98 Å². The molecular formula is C14H14N4O. The molecule has 2 aromatic heterocycles. The third-order valence-electron chi connectivity index (χ3n) is 3.03. The van der Waals surface area contributed by atoms with Crippen molar-refractivity contribution in [2.75, 3.05) is 0 Å². The summed E-state index contributed by atoms with van der Waals surface area (Å²) in [4.78, 5) is 19.5. The summed E-state index contributed by atoms with van der Waals surface area (Å²) in [7, 11) is 1.84. The van der Waals surface area contributed by atoms with Crippen molar-refractivity contribution < 1.29 is 4.79 Å². The van der Waals surface area contributed by atoms with E-state index in [4.69, 9.17) is 0 Å². The first-order valence-electron chi connectivity index (χ1n) is 6.07. The number of aromatic nitrogens is 3. The molecule has 0 saturated carbocycles. The van der Waals surface area contributed by atoms with Crippen LogP contribution in [-0.2, 0) is 13.6 Å². The number of nitrogens with one attached hydrogen (secondary N) is 2. The number of aromatic amines is 1. The van der Waals surface area contributed by atoms with Crippen LogP contribution in [0.2, 0.25) is 0 Å². The van der Waals surface area contributed by atoms with Crippen molar-refractivity contribution >= 4 is 16.9 Å². The Morgan fingerprint density at radius 3 is 2.89 bits per heavy atom. The molecule has 0 aliphatic carbocycles. The molecule has 5 nitrogen and oxygen atoms in total. The minimum absolute atomic E-state index is 0.104. The molecule has 0 fully saturated rings. The van der Waals surface area contributed by atoms with Crippen molar-refractivity contribution in [1.29, 1.82) is 0 Å². The second-order valence-corrected chi connectivity index (χ2v) is 4.39. The first-order valence-corrected chi connectivity index (χ1v) is 6.07. The summed E-state index contributed by atoms with van der Waals surface area (Å²) in [5.74, 6) is 0.650. The molecule has 3 rings (SSSR count). The zero-order chi connectivity index (χ0) is 13.2. The fraction of sp³-hybridized carbons (Fsp3) is 0.143. The van der Waals surface area contributed by atoms with Gasteiger partial charge in [-0.15, -0.1) is 0 Å². The predicted octanol–water partition coefficient (Wildman–Crippen LogP) is 1.83. The van der Waals surface area contributed by atoms with E-state index in [1.54, 1.807) is 10.6 Å². The Hall–Kier alpha value is -2.56. The molecule has 2 N–H and O–H groups in total. The number of hydrogen-bond donors (Lipinski definition) is 2. The molecule has 0 spiro atoms. The molecule has 0 aliphatic rings. The van der Waals surface area contributed by atoms with Gasteiger partial charge in [0, 0.05) is 13.2 Å². The molecule has 5 heteroatoms. The van der Waals surface area contributed by atoms with Gasteiger partial charge in [0.1, 0.15) is 11.5 Å². The Morgan fingerprint density at radius 1 is 1.32 bits per heavy atom. The van der Waals surface area contributed by atoms with Gasteiger partial charge in [0.15, 0.2) is 0 Å². The van der Waals surface area contributed by atoms with Gasteiger partial charge in [0.2, 0.25) is 0 Å². The number of hydrogen-bond acceptors (Lipinski definition) is 2. The lowest BCUT2D eigenvalue weighted by molar-refractivity contribution is 0.0942. The van der Waals surface area contributed by atoms with Crippen molar-refractivity contribution in [3.63, 3.8) is 0 Å². The van der Waals surface area contributed by atoms with Crippen LogP contribution in [0.3, 0.4) is 0 Å². The maximum absolute atomic E-state index is 11.9. The molecule has 3 aromatic rings. The summed E-state index contributed by atoms with van der Waals surface area (Å²) in [5.41, 5.74) is 2.52. The molecule has 1 amide bonds. The van der Waals surface area contributed by atoms with E-state index in [2.05, 4.69) is 15.3 Å². The monoisotopic (exact) mass is 254 g/mol. The van der Waals surface area contributed by atoms with Crippen LogP contribution in [0.4, 0.5) is 0 Å². The number of fused-ring (bicyclic) bond motifs is 1. The molecule has 0 atom stereocenters. The highest BCUT2D eigenvalue weighted by atomic mass is 16.1. The molecule has 0 aliphatic heterocycles. The lowest BCUT2D eigenvalue weighted by Crippen LogP contribution is -2.25. The largest absolute Gasteiger partial charge is 0.347 e. The van der Waals surface area contributed by atoms with Crippen LogP contribution in [-0.4, -0.2) is 20.4 Å². The van der Waals surface area contributed by atoms with Crippen LogP contribution < -0.4 is 5.32 Å². The first-order chi connectivity index (χ1) is 9.24. The van der Waals surface area contributed by atoms with Gasteiger partial charge < -0.3 is 14.9 Å². The molecular weight excluding hydrogens is 240 g/mol. The number of amides is 1. The number of imidazole rings is 1. The van der Waals surface area contributed by atoms with E-state index in [-0.39, 0.29) is 5.91 Å². The van der Waals surface area contributed by atoms with Crippen LogP contribution in [0.1, 0.15) is 16.3 Å². The Balaban J connectivity index is 1.72. The highest BCUT2D eigenvalue weighted by molar-refractivity contribution is 5.92. The second-order valence-electron chi connectivity index (χ2n) is 4.39. The molecule has 0 unspecified atom stereocenters. The van der Waals surface area contributed by atoms with Gasteiger partial charge in [-0.2, -0.15) is 0 Å². The fourth-order valence-electron chi connectivity index (χ4n) is 2.04. The van der Waals surface area contributed by atoms with Crippen LogP contribution in [0.25, 0.3) is 11.0 Å². The van der Waals surface area contributed by atoms with E-state index in [9.17, 15) is 4.79 Å². The lowest BCUT2D eigenvalue weighted by Gasteiger charge is -2.04. The Labute approximate surface area is 110 Å². The van der Waals surface area contributed by atoms with E-state index >= 15 is 0 Å². The van der Waals surface area contributed by atoms with Gasteiger partial charge in [-0.1, -0.05) is 12.1 Å². The zero-order valence-electron chi connectivity index (χ0n) is 10.6. The van der Waals surface area contributed by atoms with Gasteiger partial charge >= 0.3 is 0 Å². The first kappa shape index (κ1) is 11.5. The van der Waals surface area contributed by atoms with Crippen LogP contribution >= 0.6 is 0 Å². The molecule has 0 saturated heterocycles. The third kappa shape index (κ3) is 2.22. The maximum atomic E-state index is 11.9. The normalized spacial score (nSPS) is 10.8. The Morgan fingerprint density at radius 2 is 2.16 bits per heavy atom. The maximum Gasteiger partial charge on any atom is 0.268 e. The number of carbonyl (C=O) groups is 1. The molecule has 1 aromatic carbocycles. The minimum atomic E-state index is -0.104. The standard InChI is InChI=1S/C14H14N4O/c1-18-8-4-7-12(18)14(19)15-9-13-16-10-5-2-3-6-11(10)17-13/h2-8H,9H2,1H3,(H,15,19)(H,16,17). The number of nitrogens with zero attached hydrogens (tertiary/aromatic N) is 2. The number of aryl methyl sites for hydroxylation is 1. The number of para-hydroxylation sites is 2. The summed E-state index contributed by atoms with van der Waals surface area (Å²) in [6.07, 6.45) is 1.84. The smallest absolute Gasteiger partial charge is 0.268 e. The molecule has 19 heavy (non-hydrogen) atoms. The minimum Gasteiger partial charge on any atom is -0.347 e. The van der Waals surface area contributed by atoms with Crippen molar-refractivity contribution in [1.82, 2.24) is 19.9 Å². The molecule has 0 bridgehead atoms. The number of carbonyl (C=O) groups excluding carboxylic acids is 1. The van der Waals surface area contributed by atoms with Crippen LogP contribution in [0.15, 0.2) is 42.6 Å². The summed E-state index contributed by atoms with van der Waals surface area (Å²) < 4.78 is 1.79. The topological polar surface area (TPSA) is 62.7 Å². The molecule has 96 valence electrons. The highest BCUT2D eigenvalue weighted by Gasteiger charge is 2.09. The summed E-state index contributed by atoms with van der Waals surface area (Å²) in [6.45, 7) is 0.388. The van der Waals surface area contributed by atoms with Gasteiger partial charge in [0.25, 0.3) is 5.91 Å². The third-order valence-corrected chi connectivity index (χ3v) is 3.03. The molecule has 0 radical (unpaired) electrons. The number of rotatable bonds is 3. The van der Waals surface area contributed by atoms with Crippen molar-refractivity contribution in [3.05, 3.63) is 54.1 Å². The van der Waals surface area contributed by atoms with E-state index in [1.165, 1.54) is 0 Å². The highest BCUT2D eigenvalue weighted by Crippen LogP contribution is 2.10. The van der Waals surface area contributed by atoms with Crippen molar-refractivity contribution in [2.24, 2.45) is 7.05 Å². The van der Waals surface area contributed by atoms with Crippen LogP contribution in [0.5, 0.6) is 0 Å². The Bertz CT molecular complexity index is 693. The lowest BCUT2D eigenvalue weighted by atomic mass is 10.3. The summed E-state index contributed by atoms with van der Waals surface area (Å²) >= 11 is 0. The van der Waals surface area contributed by atoms with Gasteiger partial charge in [-0.3, -0.25) is 4.79 Å². The summed E-state index contributed by atoms with van der Waals surface area (Å²) in [6, 6.07) is 11.4. The quantitative estimate of drug-likeness (QED) is 0.749. The van der Waals surface area contributed by atoms with Crippen LogP contribution in [0, 0.1) is 0 Å². The second kappa shape index (κ2) is 4.61. The zero-order valence-corrected chi connectivity index (χ0v) is 10.6. The van der Waals surface area contributed by atoms with E-state index < -0.39 is 0 Å². The number of benzene rings is 1. The number of H-pyrrole nitrogens is 1. The van der Waals surface area contributed by atoms with Crippen molar-refractivity contribution in [3.8, 4) is 0 Å². The van der Waals surface area contributed by atoms with E-state index in [0.717, 1.165) is 16.9 Å². The van der Waals surface area contributed by atoms with Crippen molar-refractivity contribution in [2.45, 2.75) is 6.54 Å². The Kier molecular flexibility index (Phi) is 2.79. The summed E-state index contributed by atoms with van der Waals surface area (Å²) in [5, 5.41) is 2.85. The predicted molar refractivity (Wildman–Crippen MR) is 72.7 cm³/mol. The average molecular weight is 254 g/mol. The van der Waals surface area contributed by atoms with Gasteiger partial charge in [-0.05, 0) is 24.3 Å². The van der Waals surface area contributed by atoms with E-state index in [0.29, 0.717) is 12.2 Å². The molecule has 2 heterocycles.